The number of hydrogen-bond donors (Lipinski definition) is 1. The quantitative estimate of drug-likeness (QED) is 0.415. The van der Waals surface area contributed by atoms with Crippen LogP contribution >= 0.6 is 0 Å². The van der Waals surface area contributed by atoms with E-state index in [0.717, 1.165) is 19.3 Å². The molecule has 0 aromatic carbocycles. The van der Waals surface area contributed by atoms with E-state index in [1.54, 1.807) is 0 Å². The summed E-state index contributed by atoms with van der Waals surface area (Å²) < 4.78 is 26.1. The van der Waals surface area contributed by atoms with Gasteiger partial charge >= 0.3 is 0 Å². The van der Waals surface area contributed by atoms with Crippen molar-refractivity contribution >= 4 is 10.1 Å². The average molecular weight is 280 g/mol. The zero-order valence-corrected chi connectivity index (χ0v) is 12.4. The Labute approximate surface area is 112 Å². The van der Waals surface area contributed by atoms with E-state index < -0.39 is 16.1 Å². The first kappa shape index (κ1) is 17.9. The molecule has 0 aromatic heterocycles. The summed E-state index contributed by atoms with van der Waals surface area (Å²) in [5, 5.41) is 8.44. The molecule has 0 radical (unpaired) electrons. The lowest BCUT2D eigenvalue weighted by atomic mass is 10.1. The summed E-state index contributed by atoms with van der Waals surface area (Å²) in [6.45, 7) is 2.42. The van der Waals surface area contributed by atoms with Gasteiger partial charge in [-0.2, -0.15) is 8.42 Å². The van der Waals surface area contributed by atoms with Crippen LogP contribution in [0.25, 0.3) is 0 Å². The van der Waals surface area contributed by atoms with Crippen molar-refractivity contribution < 1.29 is 17.7 Å². The van der Waals surface area contributed by atoms with Crippen LogP contribution in [0.4, 0.5) is 0 Å². The fourth-order valence-corrected chi connectivity index (χ4v) is 2.26. The van der Waals surface area contributed by atoms with E-state index in [1.165, 1.54) is 44.9 Å². The molecule has 0 spiro atoms. The van der Waals surface area contributed by atoms with Gasteiger partial charge in [-0.05, 0) is 6.42 Å². The van der Waals surface area contributed by atoms with E-state index >= 15 is 0 Å². The summed E-state index contributed by atoms with van der Waals surface area (Å²) in [6, 6.07) is 0. The van der Waals surface area contributed by atoms with E-state index in [-0.39, 0.29) is 6.61 Å². The van der Waals surface area contributed by atoms with Crippen LogP contribution in [0.2, 0.25) is 0 Å². The summed E-state index contributed by atoms with van der Waals surface area (Å²) in [5.41, 5.74) is 0. The fourth-order valence-electron chi connectivity index (χ4n) is 1.81. The minimum atomic E-state index is -3.67. The Morgan fingerprint density at radius 1 is 0.833 bits per heavy atom. The molecule has 0 saturated carbocycles. The summed E-state index contributed by atoms with van der Waals surface area (Å²) >= 11 is 0. The molecule has 18 heavy (non-hydrogen) atoms. The highest BCUT2D eigenvalue weighted by Gasteiger charge is 2.07. The molecule has 0 rings (SSSR count). The maximum absolute atomic E-state index is 10.8. The number of aliphatic hydroxyl groups excluding tert-OH is 1. The Morgan fingerprint density at radius 3 is 1.72 bits per heavy atom. The second-order valence-electron chi connectivity index (χ2n) is 4.69. The van der Waals surface area contributed by atoms with Gasteiger partial charge in [0.15, 0.2) is 5.94 Å². The minimum absolute atomic E-state index is 0.194. The highest BCUT2D eigenvalue weighted by atomic mass is 32.2. The molecule has 0 heterocycles. The lowest BCUT2D eigenvalue weighted by molar-refractivity contribution is 0.272. The minimum Gasteiger partial charge on any atom is -0.378 e. The molecule has 0 saturated heterocycles. The van der Waals surface area contributed by atoms with Gasteiger partial charge in [0.1, 0.15) is 0 Å². The zero-order valence-electron chi connectivity index (χ0n) is 11.6. The lowest BCUT2D eigenvalue weighted by Crippen LogP contribution is -2.10. The van der Waals surface area contributed by atoms with Crippen molar-refractivity contribution in [1.29, 1.82) is 0 Å². The Hall–Kier alpha value is -0.130. The van der Waals surface area contributed by atoms with Crippen LogP contribution in [0.3, 0.4) is 0 Å². The topological polar surface area (TPSA) is 63.6 Å². The third kappa shape index (κ3) is 12.3. The van der Waals surface area contributed by atoms with Crippen molar-refractivity contribution in [2.24, 2.45) is 0 Å². The van der Waals surface area contributed by atoms with Crippen molar-refractivity contribution in [2.75, 3.05) is 12.5 Å². The van der Waals surface area contributed by atoms with Crippen LogP contribution in [-0.2, 0) is 14.3 Å². The number of rotatable bonds is 13. The highest BCUT2D eigenvalue weighted by Crippen LogP contribution is 2.10. The van der Waals surface area contributed by atoms with Crippen LogP contribution in [0, 0.1) is 0 Å². The number of hydrogen-bond acceptors (Lipinski definition) is 4. The van der Waals surface area contributed by atoms with Crippen molar-refractivity contribution in [3.05, 3.63) is 0 Å². The second-order valence-corrected chi connectivity index (χ2v) is 6.30. The van der Waals surface area contributed by atoms with E-state index in [1.807, 2.05) is 0 Å². The number of unbranched alkanes of at least 4 members (excludes halogenated alkanes) is 9. The third-order valence-electron chi connectivity index (χ3n) is 2.92. The molecule has 1 N–H and O–H groups in total. The molecule has 4 nitrogen and oxygen atoms in total. The zero-order chi connectivity index (χ0) is 13.7. The summed E-state index contributed by atoms with van der Waals surface area (Å²) in [4.78, 5) is 0. The Morgan fingerprint density at radius 2 is 1.28 bits per heavy atom. The number of aliphatic hydroxyl groups is 1. The van der Waals surface area contributed by atoms with Crippen LogP contribution in [-0.4, -0.2) is 26.1 Å². The predicted molar refractivity (Wildman–Crippen MR) is 73.8 cm³/mol. The molecule has 0 aliphatic carbocycles. The molecule has 0 aromatic rings. The largest absolute Gasteiger partial charge is 0.378 e. The molecule has 0 aliphatic heterocycles. The van der Waals surface area contributed by atoms with E-state index in [9.17, 15) is 8.42 Å². The maximum Gasteiger partial charge on any atom is 0.291 e. The van der Waals surface area contributed by atoms with E-state index in [0.29, 0.717) is 0 Å². The van der Waals surface area contributed by atoms with Gasteiger partial charge in [-0.25, -0.2) is 0 Å². The van der Waals surface area contributed by atoms with Crippen molar-refractivity contribution in [3.63, 3.8) is 0 Å². The lowest BCUT2D eigenvalue weighted by Gasteiger charge is -2.03. The second kappa shape index (κ2) is 11.9. The van der Waals surface area contributed by atoms with Crippen LogP contribution in [0.15, 0.2) is 0 Å². The van der Waals surface area contributed by atoms with Gasteiger partial charge < -0.3 is 5.11 Å². The van der Waals surface area contributed by atoms with E-state index in [4.69, 9.17) is 5.11 Å². The Kier molecular flexibility index (Phi) is 11.8. The molecule has 0 unspecified atom stereocenters. The van der Waals surface area contributed by atoms with Gasteiger partial charge in [0.05, 0.1) is 6.61 Å². The molecule has 0 bridgehead atoms. The van der Waals surface area contributed by atoms with Gasteiger partial charge in [0.25, 0.3) is 10.1 Å². The van der Waals surface area contributed by atoms with Gasteiger partial charge in [0.2, 0.25) is 0 Å². The first-order valence-electron chi connectivity index (χ1n) is 7.10. The molecule has 110 valence electrons. The van der Waals surface area contributed by atoms with Crippen molar-refractivity contribution in [3.8, 4) is 0 Å². The molecule has 5 heteroatoms. The monoisotopic (exact) mass is 280 g/mol. The van der Waals surface area contributed by atoms with Crippen LogP contribution < -0.4 is 0 Å². The Balaban J connectivity index is 3.12. The van der Waals surface area contributed by atoms with Gasteiger partial charge in [0, 0.05) is 0 Å². The smallest absolute Gasteiger partial charge is 0.291 e. The van der Waals surface area contributed by atoms with Crippen molar-refractivity contribution in [1.82, 2.24) is 0 Å². The molecule has 0 aliphatic rings. The predicted octanol–water partition coefficient (Wildman–Crippen LogP) is 3.20. The molecule has 0 amide bonds. The Bertz CT molecular complexity index is 262. The molecule has 0 fully saturated rings. The highest BCUT2D eigenvalue weighted by molar-refractivity contribution is 7.86. The normalized spacial score (nSPS) is 11.9. The van der Waals surface area contributed by atoms with Crippen molar-refractivity contribution in [2.45, 2.75) is 71.1 Å². The summed E-state index contributed by atoms with van der Waals surface area (Å²) in [6.07, 6.45) is 12.0. The van der Waals surface area contributed by atoms with Gasteiger partial charge in [-0.15, -0.1) is 0 Å². The standard InChI is InChI=1S/C13H28O4S/c1-2-3-4-5-6-7-8-9-10-11-12-17-18(15,16)13-14/h14H,2-13H2,1H3. The van der Waals surface area contributed by atoms with Gasteiger partial charge in [-0.1, -0.05) is 64.7 Å². The van der Waals surface area contributed by atoms with Crippen LogP contribution in [0.1, 0.15) is 71.1 Å². The first-order valence-corrected chi connectivity index (χ1v) is 8.68. The SMILES string of the molecule is CCCCCCCCCCCCOS(=O)(=O)CO. The average Bonchev–Trinajstić information content (AvgIpc) is 2.36. The fraction of sp³-hybridized carbons (Fsp3) is 1.00. The maximum atomic E-state index is 10.8. The molecular weight excluding hydrogens is 252 g/mol. The third-order valence-corrected chi connectivity index (χ3v) is 3.76. The first-order chi connectivity index (χ1) is 8.62. The van der Waals surface area contributed by atoms with Crippen LogP contribution in [0.5, 0.6) is 0 Å². The molecule has 0 atom stereocenters. The molecular formula is C13H28O4S. The van der Waals surface area contributed by atoms with E-state index in [2.05, 4.69) is 11.1 Å². The van der Waals surface area contributed by atoms with Gasteiger partial charge in [-0.3, -0.25) is 4.18 Å². The summed E-state index contributed by atoms with van der Waals surface area (Å²) in [5.74, 6) is -0.926. The summed E-state index contributed by atoms with van der Waals surface area (Å²) in [7, 11) is -3.67.